The van der Waals surface area contributed by atoms with Crippen molar-refractivity contribution in [2.24, 2.45) is 5.92 Å². The monoisotopic (exact) mass is 287 g/mol. The number of benzene rings is 1. The second-order valence-electron chi connectivity index (χ2n) is 5.78. The predicted molar refractivity (Wildman–Crippen MR) is 85.6 cm³/mol. The molecule has 0 amide bonds. The highest BCUT2D eigenvalue weighted by molar-refractivity contribution is 5.29. The molecule has 0 aliphatic heterocycles. The number of ether oxygens (including phenoxy) is 1. The lowest BCUT2D eigenvalue weighted by molar-refractivity contribution is 0.271. The fraction of sp³-hybridized carbons (Fsp3) is 0.444. The van der Waals surface area contributed by atoms with Crippen LogP contribution >= 0.6 is 0 Å². The average molecular weight is 287 g/mol. The van der Waals surface area contributed by atoms with Gasteiger partial charge in [0, 0.05) is 19.0 Å². The first-order valence-corrected chi connectivity index (χ1v) is 7.63. The van der Waals surface area contributed by atoms with E-state index < -0.39 is 0 Å². The first-order chi connectivity index (χ1) is 10.1. The molecule has 21 heavy (non-hydrogen) atoms. The van der Waals surface area contributed by atoms with Gasteiger partial charge in [-0.25, -0.2) is 0 Å². The number of hydrogen-bond acceptors (Lipinski definition) is 3. The minimum Gasteiger partial charge on any atom is -0.493 e. The van der Waals surface area contributed by atoms with Crippen LogP contribution in [0.5, 0.6) is 5.75 Å². The van der Waals surface area contributed by atoms with E-state index in [-0.39, 0.29) is 0 Å². The average Bonchev–Trinajstić information content (AvgIpc) is 2.99. The fourth-order valence-corrected chi connectivity index (χ4v) is 2.10. The van der Waals surface area contributed by atoms with Crippen LogP contribution in [0.15, 0.2) is 47.1 Å². The zero-order valence-electron chi connectivity index (χ0n) is 13.1. The van der Waals surface area contributed by atoms with Gasteiger partial charge in [-0.2, -0.15) is 0 Å². The number of hydrogen-bond donors (Lipinski definition) is 1. The summed E-state index contributed by atoms with van der Waals surface area (Å²) in [6.07, 6.45) is 2.63. The molecule has 0 spiro atoms. The minimum atomic E-state index is 0.319. The Morgan fingerprint density at radius 1 is 1.10 bits per heavy atom. The molecule has 0 bridgehead atoms. The molecule has 2 aromatic rings. The lowest BCUT2D eigenvalue weighted by Crippen LogP contribution is -2.21. The molecule has 0 aliphatic carbocycles. The van der Waals surface area contributed by atoms with Gasteiger partial charge in [0.05, 0.1) is 12.9 Å². The Morgan fingerprint density at radius 2 is 1.86 bits per heavy atom. The summed E-state index contributed by atoms with van der Waals surface area (Å²) < 4.78 is 11.0. The topological polar surface area (TPSA) is 34.4 Å². The summed E-state index contributed by atoms with van der Waals surface area (Å²) in [7, 11) is 0. The standard InChI is InChI=1S/C18H25NO2/c1-14(2)13-21-18-8-6-16(7-9-18)15(3)19-11-10-17-5-4-12-20-17/h4-9,12,14-15,19H,10-11,13H2,1-3H3. The van der Waals surface area contributed by atoms with Gasteiger partial charge in [-0.15, -0.1) is 0 Å². The number of furan rings is 1. The maximum Gasteiger partial charge on any atom is 0.119 e. The molecule has 1 aromatic carbocycles. The van der Waals surface area contributed by atoms with Gasteiger partial charge in [0.25, 0.3) is 0 Å². The molecule has 0 radical (unpaired) electrons. The normalized spacial score (nSPS) is 12.6. The van der Waals surface area contributed by atoms with Crippen LogP contribution in [0.3, 0.4) is 0 Å². The van der Waals surface area contributed by atoms with Crippen molar-refractivity contribution in [1.29, 1.82) is 0 Å². The Hall–Kier alpha value is -1.74. The van der Waals surface area contributed by atoms with Crippen LogP contribution < -0.4 is 10.1 Å². The zero-order chi connectivity index (χ0) is 15.1. The summed E-state index contributed by atoms with van der Waals surface area (Å²) >= 11 is 0. The van der Waals surface area contributed by atoms with Gasteiger partial charge in [-0.05, 0) is 42.7 Å². The molecule has 0 aliphatic rings. The van der Waals surface area contributed by atoms with Crippen LogP contribution in [0.25, 0.3) is 0 Å². The molecular formula is C18H25NO2. The summed E-state index contributed by atoms with van der Waals surface area (Å²) in [5.41, 5.74) is 1.27. The molecule has 0 saturated carbocycles. The van der Waals surface area contributed by atoms with Crippen LogP contribution in [0.1, 0.15) is 38.1 Å². The maximum atomic E-state index is 5.70. The lowest BCUT2D eigenvalue weighted by atomic mass is 10.1. The summed E-state index contributed by atoms with van der Waals surface area (Å²) in [4.78, 5) is 0. The Labute approximate surface area is 127 Å². The molecule has 1 atom stereocenters. The van der Waals surface area contributed by atoms with Gasteiger partial charge < -0.3 is 14.5 Å². The van der Waals surface area contributed by atoms with E-state index in [4.69, 9.17) is 9.15 Å². The first-order valence-electron chi connectivity index (χ1n) is 7.63. The molecule has 2 rings (SSSR count). The second-order valence-corrected chi connectivity index (χ2v) is 5.78. The van der Waals surface area contributed by atoms with Crippen molar-refractivity contribution >= 4 is 0 Å². The van der Waals surface area contributed by atoms with Gasteiger partial charge in [0.1, 0.15) is 11.5 Å². The minimum absolute atomic E-state index is 0.319. The third-order valence-electron chi connectivity index (χ3n) is 3.37. The van der Waals surface area contributed by atoms with Crippen LogP contribution in [0.4, 0.5) is 0 Å². The molecule has 0 saturated heterocycles. The molecule has 0 fully saturated rings. The molecule has 3 heteroatoms. The van der Waals surface area contributed by atoms with Crippen LogP contribution in [-0.2, 0) is 6.42 Å². The summed E-state index contributed by atoms with van der Waals surface area (Å²) in [5.74, 6) is 2.51. The van der Waals surface area contributed by atoms with Crippen LogP contribution in [0, 0.1) is 5.92 Å². The van der Waals surface area contributed by atoms with E-state index in [1.54, 1.807) is 6.26 Å². The van der Waals surface area contributed by atoms with Gasteiger partial charge in [0.15, 0.2) is 0 Å². The highest BCUT2D eigenvalue weighted by Crippen LogP contribution is 2.18. The van der Waals surface area contributed by atoms with Crippen molar-refractivity contribution in [3.8, 4) is 5.75 Å². The van der Waals surface area contributed by atoms with Gasteiger partial charge in [-0.1, -0.05) is 26.0 Å². The van der Waals surface area contributed by atoms with Crippen molar-refractivity contribution < 1.29 is 9.15 Å². The van der Waals surface area contributed by atoms with Crippen molar-refractivity contribution in [3.63, 3.8) is 0 Å². The summed E-state index contributed by atoms with van der Waals surface area (Å²) in [5, 5.41) is 3.51. The molecular weight excluding hydrogens is 262 g/mol. The van der Waals surface area contributed by atoms with E-state index in [0.29, 0.717) is 12.0 Å². The Balaban J connectivity index is 1.77. The van der Waals surface area contributed by atoms with Gasteiger partial charge in [-0.3, -0.25) is 0 Å². The van der Waals surface area contributed by atoms with E-state index in [0.717, 1.165) is 31.1 Å². The second kappa shape index (κ2) is 7.89. The van der Waals surface area contributed by atoms with Crippen LogP contribution in [0.2, 0.25) is 0 Å². The molecule has 1 unspecified atom stereocenters. The quantitative estimate of drug-likeness (QED) is 0.790. The van der Waals surface area contributed by atoms with Gasteiger partial charge in [0.2, 0.25) is 0 Å². The lowest BCUT2D eigenvalue weighted by Gasteiger charge is -2.15. The van der Waals surface area contributed by atoms with Crippen LogP contribution in [-0.4, -0.2) is 13.2 Å². The number of rotatable bonds is 8. The maximum absolute atomic E-state index is 5.70. The van der Waals surface area contributed by atoms with E-state index in [9.17, 15) is 0 Å². The fourth-order valence-electron chi connectivity index (χ4n) is 2.10. The molecule has 1 heterocycles. The molecule has 3 nitrogen and oxygen atoms in total. The smallest absolute Gasteiger partial charge is 0.119 e. The Kier molecular flexibility index (Phi) is 5.88. The SMILES string of the molecule is CC(C)COc1ccc(C(C)NCCc2ccco2)cc1. The van der Waals surface area contributed by atoms with E-state index in [1.165, 1.54) is 5.56 Å². The van der Waals surface area contributed by atoms with E-state index in [1.807, 2.05) is 24.3 Å². The van der Waals surface area contributed by atoms with Crippen molar-refractivity contribution in [1.82, 2.24) is 5.32 Å². The van der Waals surface area contributed by atoms with Gasteiger partial charge >= 0.3 is 0 Å². The first kappa shape index (κ1) is 15.6. The highest BCUT2D eigenvalue weighted by Gasteiger charge is 2.06. The Morgan fingerprint density at radius 3 is 2.48 bits per heavy atom. The highest BCUT2D eigenvalue weighted by atomic mass is 16.5. The molecule has 114 valence electrons. The summed E-state index contributed by atoms with van der Waals surface area (Å²) in [6.45, 7) is 8.14. The van der Waals surface area contributed by atoms with Crippen molar-refractivity contribution in [3.05, 3.63) is 54.0 Å². The zero-order valence-corrected chi connectivity index (χ0v) is 13.1. The van der Waals surface area contributed by atoms with Crippen molar-refractivity contribution in [2.75, 3.05) is 13.2 Å². The Bertz CT molecular complexity index is 503. The number of nitrogens with one attached hydrogen (secondary N) is 1. The largest absolute Gasteiger partial charge is 0.493 e. The molecule has 1 N–H and O–H groups in total. The van der Waals surface area contributed by atoms with E-state index >= 15 is 0 Å². The predicted octanol–water partition coefficient (Wildman–Crippen LogP) is 4.21. The third kappa shape index (κ3) is 5.27. The van der Waals surface area contributed by atoms with E-state index in [2.05, 4.69) is 38.2 Å². The van der Waals surface area contributed by atoms with Crippen molar-refractivity contribution in [2.45, 2.75) is 33.2 Å². The molecule has 1 aromatic heterocycles. The summed E-state index contributed by atoms with van der Waals surface area (Å²) in [6, 6.07) is 12.6. The third-order valence-corrected chi connectivity index (χ3v) is 3.37.